The summed E-state index contributed by atoms with van der Waals surface area (Å²) in [5.74, 6) is 0. The third-order valence-corrected chi connectivity index (χ3v) is 4.28. The summed E-state index contributed by atoms with van der Waals surface area (Å²) in [5, 5.41) is 11.0. The molecule has 1 aliphatic heterocycles. The van der Waals surface area contributed by atoms with E-state index in [1.807, 2.05) is 0 Å². The summed E-state index contributed by atoms with van der Waals surface area (Å²) in [4.78, 5) is 4.87. The van der Waals surface area contributed by atoms with Crippen LogP contribution >= 0.6 is 0 Å². The van der Waals surface area contributed by atoms with Crippen LogP contribution in [0.1, 0.15) is 67.7 Å². The average molecular weight is 311 g/mol. The maximum absolute atomic E-state index is 4.87. The lowest BCUT2D eigenvalue weighted by Crippen LogP contribution is -2.47. The molecular formula is C18H38N4. The Morgan fingerprint density at radius 3 is 2.36 bits per heavy atom. The average Bonchev–Trinajstić information content (AvgIpc) is 2.33. The lowest BCUT2D eigenvalue weighted by atomic mass is 9.95. The van der Waals surface area contributed by atoms with Crippen LogP contribution in [-0.4, -0.2) is 48.5 Å². The topological polar surface area (TPSA) is 48.5 Å². The van der Waals surface area contributed by atoms with Crippen LogP contribution in [0.5, 0.6) is 0 Å². The van der Waals surface area contributed by atoms with Crippen LogP contribution in [0.4, 0.5) is 0 Å². The Morgan fingerprint density at radius 1 is 1.00 bits per heavy atom. The SMILES string of the molecule is CC1=NC(C)CNC(C)(C)CC(C)NCCCNC(C)(C)C1. The number of nitrogens with zero attached hydrogens (tertiary/aromatic N) is 1. The zero-order valence-electron chi connectivity index (χ0n) is 15.8. The van der Waals surface area contributed by atoms with Crippen molar-refractivity contribution in [3.63, 3.8) is 0 Å². The Bertz CT molecular complexity index is 360. The quantitative estimate of drug-likeness (QED) is 0.645. The Labute approximate surface area is 137 Å². The van der Waals surface area contributed by atoms with E-state index in [4.69, 9.17) is 4.99 Å². The first kappa shape index (κ1) is 19.6. The molecule has 1 aliphatic rings. The zero-order valence-corrected chi connectivity index (χ0v) is 15.8. The van der Waals surface area contributed by atoms with Gasteiger partial charge in [0.1, 0.15) is 0 Å². The van der Waals surface area contributed by atoms with Crippen molar-refractivity contribution in [2.24, 2.45) is 4.99 Å². The minimum atomic E-state index is 0.117. The van der Waals surface area contributed by atoms with Gasteiger partial charge in [0.25, 0.3) is 0 Å². The third-order valence-electron chi connectivity index (χ3n) is 4.28. The van der Waals surface area contributed by atoms with E-state index in [-0.39, 0.29) is 11.1 Å². The smallest absolute Gasteiger partial charge is 0.0595 e. The van der Waals surface area contributed by atoms with Crippen molar-refractivity contribution < 1.29 is 0 Å². The van der Waals surface area contributed by atoms with Gasteiger partial charge in [-0.2, -0.15) is 0 Å². The second kappa shape index (κ2) is 8.42. The lowest BCUT2D eigenvalue weighted by Gasteiger charge is -2.31. The highest BCUT2D eigenvalue weighted by Crippen LogP contribution is 2.14. The van der Waals surface area contributed by atoms with Crippen molar-refractivity contribution in [2.75, 3.05) is 19.6 Å². The van der Waals surface area contributed by atoms with Crippen molar-refractivity contribution in [1.82, 2.24) is 16.0 Å². The van der Waals surface area contributed by atoms with Gasteiger partial charge >= 0.3 is 0 Å². The molecule has 3 N–H and O–H groups in total. The van der Waals surface area contributed by atoms with Gasteiger partial charge in [-0.1, -0.05) is 0 Å². The first-order chi connectivity index (χ1) is 10.1. The maximum Gasteiger partial charge on any atom is 0.0595 e. The molecule has 130 valence electrons. The van der Waals surface area contributed by atoms with Crippen LogP contribution in [0.15, 0.2) is 4.99 Å². The van der Waals surface area contributed by atoms with Crippen molar-refractivity contribution >= 4 is 5.71 Å². The van der Waals surface area contributed by atoms with E-state index < -0.39 is 0 Å². The van der Waals surface area contributed by atoms with E-state index in [9.17, 15) is 0 Å². The normalized spacial score (nSPS) is 31.7. The van der Waals surface area contributed by atoms with Gasteiger partial charge in [0.15, 0.2) is 0 Å². The molecule has 4 nitrogen and oxygen atoms in total. The molecule has 0 aromatic rings. The number of rotatable bonds is 0. The van der Waals surface area contributed by atoms with Crippen molar-refractivity contribution in [3.05, 3.63) is 0 Å². The van der Waals surface area contributed by atoms with E-state index in [2.05, 4.69) is 64.4 Å². The molecule has 0 spiro atoms. The van der Waals surface area contributed by atoms with Crippen LogP contribution in [-0.2, 0) is 0 Å². The molecule has 4 heteroatoms. The van der Waals surface area contributed by atoms with Crippen molar-refractivity contribution in [3.8, 4) is 0 Å². The molecule has 2 atom stereocenters. The van der Waals surface area contributed by atoms with E-state index in [0.717, 1.165) is 38.9 Å². The number of aliphatic imine (C=N–C) groups is 1. The second-order valence-corrected chi connectivity index (χ2v) is 8.38. The van der Waals surface area contributed by atoms with Gasteiger partial charge in [-0.25, -0.2) is 0 Å². The van der Waals surface area contributed by atoms with Gasteiger partial charge < -0.3 is 16.0 Å². The summed E-state index contributed by atoms with van der Waals surface area (Å²) >= 11 is 0. The zero-order chi connectivity index (χ0) is 16.8. The minimum Gasteiger partial charge on any atom is -0.314 e. The number of hydrogen-bond donors (Lipinski definition) is 3. The molecule has 0 bridgehead atoms. The van der Waals surface area contributed by atoms with E-state index in [1.165, 1.54) is 5.71 Å². The number of nitrogens with one attached hydrogen (secondary N) is 3. The van der Waals surface area contributed by atoms with Crippen molar-refractivity contribution in [1.29, 1.82) is 0 Å². The van der Waals surface area contributed by atoms with Gasteiger partial charge in [-0.15, -0.1) is 0 Å². The van der Waals surface area contributed by atoms with Crippen LogP contribution in [0, 0.1) is 0 Å². The molecule has 0 aliphatic carbocycles. The van der Waals surface area contributed by atoms with Crippen LogP contribution in [0.25, 0.3) is 0 Å². The first-order valence-corrected chi connectivity index (χ1v) is 8.86. The first-order valence-electron chi connectivity index (χ1n) is 8.86. The fraction of sp³-hybridized carbons (Fsp3) is 0.944. The van der Waals surface area contributed by atoms with Crippen LogP contribution in [0.2, 0.25) is 0 Å². The molecule has 0 amide bonds. The monoisotopic (exact) mass is 310 g/mol. The molecule has 0 saturated carbocycles. The summed E-state index contributed by atoms with van der Waals surface area (Å²) in [5.41, 5.74) is 1.50. The summed E-state index contributed by atoms with van der Waals surface area (Å²) in [6.45, 7) is 18.8. The fourth-order valence-corrected chi connectivity index (χ4v) is 3.37. The Balaban J connectivity index is 2.74. The highest BCUT2D eigenvalue weighted by Gasteiger charge is 2.22. The fourth-order valence-electron chi connectivity index (χ4n) is 3.37. The van der Waals surface area contributed by atoms with Crippen molar-refractivity contribution in [2.45, 2.75) is 90.9 Å². The van der Waals surface area contributed by atoms with E-state index in [0.29, 0.717) is 12.1 Å². The molecular weight excluding hydrogens is 272 g/mol. The number of hydrogen-bond acceptors (Lipinski definition) is 4. The van der Waals surface area contributed by atoms with Gasteiger partial charge in [0, 0.05) is 35.8 Å². The Morgan fingerprint density at radius 2 is 1.68 bits per heavy atom. The van der Waals surface area contributed by atoms with Gasteiger partial charge in [-0.3, -0.25) is 4.99 Å². The Hall–Kier alpha value is -0.450. The largest absolute Gasteiger partial charge is 0.314 e. The second-order valence-electron chi connectivity index (χ2n) is 8.38. The van der Waals surface area contributed by atoms with Gasteiger partial charge in [0.05, 0.1) is 6.04 Å². The standard InChI is InChI=1S/C18H38N4/c1-14-11-18(6,7)21-13-16(3)22-15(2)12-17(4,5)20-10-8-9-19-14/h14,16,19-21H,8-13H2,1-7H3. The lowest BCUT2D eigenvalue weighted by molar-refractivity contribution is 0.312. The van der Waals surface area contributed by atoms with Gasteiger partial charge in [-0.05, 0) is 74.4 Å². The highest BCUT2D eigenvalue weighted by molar-refractivity contribution is 5.83. The summed E-state index contributed by atoms with van der Waals surface area (Å²) in [6, 6.07) is 0.852. The molecule has 0 fully saturated rings. The minimum absolute atomic E-state index is 0.117. The summed E-state index contributed by atoms with van der Waals surface area (Å²) in [7, 11) is 0. The van der Waals surface area contributed by atoms with E-state index >= 15 is 0 Å². The molecule has 2 unspecified atom stereocenters. The molecule has 0 aromatic carbocycles. The Kier molecular flexibility index (Phi) is 7.50. The molecule has 0 radical (unpaired) electrons. The van der Waals surface area contributed by atoms with E-state index in [1.54, 1.807) is 0 Å². The predicted octanol–water partition coefficient (Wildman–Crippen LogP) is 2.73. The summed E-state index contributed by atoms with van der Waals surface area (Å²) in [6.07, 6.45) is 3.29. The molecule has 1 heterocycles. The predicted molar refractivity (Wildman–Crippen MR) is 98.1 cm³/mol. The molecule has 0 saturated heterocycles. The molecule has 22 heavy (non-hydrogen) atoms. The molecule has 1 rings (SSSR count). The van der Waals surface area contributed by atoms with Crippen LogP contribution in [0.3, 0.4) is 0 Å². The highest BCUT2D eigenvalue weighted by atomic mass is 15.0. The maximum atomic E-state index is 4.87. The van der Waals surface area contributed by atoms with Crippen LogP contribution < -0.4 is 16.0 Å². The third kappa shape index (κ3) is 8.25. The molecule has 0 aromatic heterocycles. The van der Waals surface area contributed by atoms with Gasteiger partial charge in [0.2, 0.25) is 0 Å². The summed E-state index contributed by atoms with van der Waals surface area (Å²) < 4.78 is 0.